The Kier molecular flexibility index (Phi) is 4.14. The van der Waals surface area contributed by atoms with Gasteiger partial charge in [-0.1, -0.05) is 17.4 Å². The fourth-order valence-corrected chi connectivity index (χ4v) is 3.68. The lowest BCUT2D eigenvalue weighted by molar-refractivity contribution is 0.102. The molecular formula is C16H16N4OS2. The second-order valence-corrected chi connectivity index (χ2v) is 7.15. The number of nitrogens with one attached hydrogen (secondary N) is 1. The van der Waals surface area contributed by atoms with Crippen LogP contribution in [-0.4, -0.2) is 15.9 Å². The number of rotatable bonds is 3. The zero-order chi connectivity index (χ0) is 16.6. The maximum atomic E-state index is 12.4. The van der Waals surface area contributed by atoms with E-state index in [1.54, 1.807) is 0 Å². The molecule has 5 nitrogen and oxygen atoms in total. The Morgan fingerprint density at radius 3 is 2.61 bits per heavy atom. The summed E-state index contributed by atoms with van der Waals surface area (Å²) in [5, 5.41) is 5.83. The van der Waals surface area contributed by atoms with E-state index < -0.39 is 0 Å². The first-order valence-electron chi connectivity index (χ1n) is 7.01. The number of hydrogen-bond donors (Lipinski definition) is 2. The second kappa shape index (κ2) is 6.10. The highest BCUT2D eigenvalue weighted by molar-refractivity contribution is 7.19. The molecule has 3 rings (SSSR count). The molecule has 0 spiro atoms. The van der Waals surface area contributed by atoms with E-state index in [2.05, 4.69) is 15.3 Å². The smallest absolute Gasteiger partial charge is 0.257 e. The number of thiazole rings is 2. The SMILES string of the molecule is Cc1ccc(C(=O)Nc2nc(C)c(-c3csc(N)n3)s2)cc1C. The summed E-state index contributed by atoms with van der Waals surface area (Å²) in [5.41, 5.74) is 10.2. The monoisotopic (exact) mass is 344 g/mol. The van der Waals surface area contributed by atoms with Gasteiger partial charge in [0.25, 0.3) is 5.91 Å². The number of carbonyl (C=O) groups is 1. The molecule has 7 heteroatoms. The van der Waals surface area contributed by atoms with Crippen molar-refractivity contribution in [3.8, 4) is 10.6 Å². The normalized spacial score (nSPS) is 10.7. The highest BCUT2D eigenvalue weighted by Gasteiger charge is 2.15. The minimum atomic E-state index is -0.161. The fourth-order valence-electron chi connectivity index (χ4n) is 2.13. The van der Waals surface area contributed by atoms with Crippen LogP contribution in [0.5, 0.6) is 0 Å². The van der Waals surface area contributed by atoms with Gasteiger partial charge in [-0.15, -0.1) is 11.3 Å². The molecule has 2 heterocycles. The van der Waals surface area contributed by atoms with E-state index in [9.17, 15) is 4.79 Å². The molecule has 23 heavy (non-hydrogen) atoms. The van der Waals surface area contributed by atoms with Crippen molar-refractivity contribution in [1.82, 2.24) is 9.97 Å². The highest BCUT2D eigenvalue weighted by atomic mass is 32.1. The van der Waals surface area contributed by atoms with Crippen LogP contribution in [0.15, 0.2) is 23.6 Å². The van der Waals surface area contributed by atoms with Crippen LogP contribution < -0.4 is 11.1 Å². The molecule has 0 radical (unpaired) electrons. The van der Waals surface area contributed by atoms with Crippen molar-refractivity contribution in [3.63, 3.8) is 0 Å². The Labute approximate surface area is 142 Å². The molecule has 0 aliphatic heterocycles. The average Bonchev–Trinajstić information content (AvgIpc) is 3.07. The third-order valence-electron chi connectivity index (χ3n) is 3.54. The van der Waals surface area contributed by atoms with Crippen molar-refractivity contribution in [1.29, 1.82) is 0 Å². The Morgan fingerprint density at radius 2 is 1.96 bits per heavy atom. The molecular weight excluding hydrogens is 328 g/mol. The van der Waals surface area contributed by atoms with Gasteiger partial charge in [-0.05, 0) is 44.0 Å². The van der Waals surface area contributed by atoms with Crippen LogP contribution in [0.25, 0.3) is 10.6 Å². The van der Waals surface area contributed by atoms with E-state index in [1.165, 1.54) is 22.7 Å². The van der Waals surface area contributed by atoms with E-state index in [0.29, 0.717) is 15.8 Å². The summed E-state index contributed by atoms with van der Waals surface area (Å²) in [6.45, 7) is 5.91. The molecule has 0 aliphatic rings. The van der Waals surface area contributed by atoms with E-state index in [4.69, 9.17) is 5.73 Å². The van der Waals surface area contributed by atoms with Gasteiger partial charge in [0.05, 0.1) is 16.3 Å². The standard InChI is InChI=1S/C16H16N4OS2/c1-8-4-5-11(6-9(8)2)14(21)20-16-18-10(3)13(23-16)12-7-22-15(17)19-12/h4-7H,1-3H3,(H2,17,19)(H,18,20,21). The molecule has 0 saturated carbocycles. The number of hydrogen-bond acceptors (Lipinski definition) is 6. The molecule has 0 fully saturated rings. The number of aromatic nitrogens is 2. The van der Waals surface area contributed by atoms with Crippen molar-refractivity contribution >= 4 is 38.8 Å². The lowest BCUT2D eigenvalue weighted by Gasteiger charge is -2.04. The van der Waals surface area contributed by atoms with E-state index >= 15 is 0 Å². The van der Waals surface area contributed by atoms with E-state index in [-0.39, 0.29) is 5.91 Å². The topological polar surface area (TPSA) is 80.9 Å². The summed E-state index contributed by atoms with van der Waals surface area (Å²) >= 11 is 2.79. The molecule has 3 N–H and O–H groups in total. The summed E-state index contributed by atoms with van der Waals surface area (Å²) in [6.07, 6.45) is 0. The molecule has 3 aromatic rings. The van der Waals surface area contributed by atoms with Gasteiger partial charge >= 0.3 is 0 Å². The second-order valence-electron chi connectivity index (χ2n) is 5.26. The number of nitrogen functional groups attached to an aromatic ring is 1. The van der Waals surface area contributed by atoms with Crippen LogP contribution in [-0.2, 0) is 0 Å². The zero-order valence-corrected chi connectivity index (χ0v) is 14.6. The minimum absolute atomic E-state index is 0.161. The van der Waals surface area contributed by atoms with Crippen LogP contribution in [0.4, 0.5) is 10.3 Å². The first-order valence-corrected chi connectivity index (χ1v) is 8.71. The predicted octanol–water partition coefficient (Wildman–Crippen LogP) is 4.03. The van der Waals surface area contributed by atoms with Gasteiger partial charge < -0.3 is 5.73 Å². The lowest BCUT2D eigenvalue weighted by Crippen LogP contribution is -2.12. The van der Waals surface area contributed by atoms with Crippen LogP contribution >= 0.6 is 22.7 Å². The van der Waals surface area contributed by atoms with Crippen molar-refractivity contribution in [2.24, 2.45) is 0 Å². The number of anilines is 2. The van der Waals surface area contributed by atoms with Gasteiger partial charge in [0.2, 0.25) is 0 Å². The third kappa shape index (κ3) is 3.25. The Morgan fingerprint density at radius 1 is 1.17 bits per heavy atom. The van der Waals surface area contributed by atoms with Crippen LogP contribution in [0.1, 0.15) is 27.2 Å². The fraction of sp³-hybridized carbons (Fsp3) is 0.188. The molecule has 118 valence electrons. The van der Waals surface area contributed by atoms with Crippen LogP contribution in [0, 0.1) is 20.8 Å². The first-order chi connectivity index (χ1) is 10.9. The summed E-state index contributed by atoms with van der Waals surface area (Å²) < 4.78 is 0. The van der Waals surface area contributed by atoms with Crippen LogP contribution in [0.2, 0.25) is 0 Å². The van der Waals surface area contributed by atoms with Crippen molar-refractivity contribution < 1.29 is 4.79 Å². The molecule has 0 saturated heterocycles. The molecule has 0 atom stereocenters. The molecule has 1 amide bonds. The Balaban J connectivity index is 1.83. The van der Waals surface area contributed by atoms with Crippen molar-refractivity contribution in [3.05, 3.63) is 46.0 Å². The molecule has 0 bridgehead atoms. The number of amides is 1. The number of benzene rings is 1. The summed E-state index contributed by atoms with van der Waals surface area (Å²) in [6, 6.07) is 5.65. The van der Waals surface area contributed by atoms with E-state index in [0.717, 1.165) is 27.4 Å². The first kappa shape index (κ1) is 15.6. The summed E-state index contributed by atoms with van der Waals surface area (Å²) in [5.74, 6) is -0.161. The molecule has 0 aliphatic carbocycles. The third-order valence-corrected chi connectivity index (χ3v) is 5.31. The molecule has 1 aromatic carbocycles. The summed E-state index contributed by atoms with van der Waals surface area (Å²) in [7, 11) is 0. The number of nitrogens with two attached hydrogens (primary N) is 1. The maximum Gasteiger partial charge on any atom is 0.257 e. The highest BCUT2D eigenvalue weighted by Crippen LogP contribution is 2.34. The van der Waals surface area contributed by atoms with Crippen LogP contribution in [0.3, 0.4) is 0 Å². The number of aryl methyl sites for hydroxylation is 3. The quantitative estimate of drug-likeness (QED) is 0.752. The Bertz CT molecular complexity index is 882. The van der Waals surface area contributed by atoms with E-state index in [1.807, 2.05) is 44.4 Å². The van der Waals surface area contributed by atoms with Gasteiger partial charge in [0, 0.05) is 10.9 Å². The Hall–Kier alpha value is -2.25. The predicted molar refractivity (Wildman–Crippen MR) is 96.2 cm³/mol. The van der Waals surface area contributed by atoms with Crippen molar-refractivity contribution in [2.45, 2.75) is 20.8 Å². The molecule has 2 aromatic heterocycles. The van der Waals surface area contributed by atoms with Gasteiger partial charge in [-0.3, -0.25) is 10.1 Å². The van der Waals surface area contributed by atoms with Gasteiger partial charge in [0.15, 0.2) is 10.3 Å². The van der Waals surface area contributed by atoms with Gasteiger partial charge in [-0.2, -0.15) is 0 Å². The molecule has 0 unspecified atom stereocenters. The van der Waals surface area contributed by atoms with Crippen molar-refractivity contribution in [2.75, 3.05) is 11.1 Å². The zero-order valence-electron chi connectivity index (χ0n) is 13.0. The number of carbonyl (C=O) groups excluding carboxylic acids is 1. The minimum Gasteiger partial charge on any atom is -0.375 e. The van der Waals surface area contributed by atoms with Gasteiger partial charge in [0.1, 0.15) is 0 Å². The maximum absolute atomic E-state index is 12.4. The number of nitrogens with zero attached hydrogens (tertiary/aromatic N) is 2. The lowest BCUT2D eigenvalue weighted by atomic mass is 10.1. The van der Waals surface area contributed by atoms with Gasteiger partial charge in [-0.25, -0.2) is 9.97 Å². The average molecular weight is 344 g/mol. The summed E-state index contributed by atoms with van der Waals surface area (Å²) in [4.78, 5) is 22.0. The largest absolute Gasteiger partial charge is 0.375 e.